The van der Waals surface area contributed by atoms with Gasteiger partial charge in [0.2, 0.25) is 5.91 Å². The molecule has 2 aliphatic rings. The van der Waals surface area contributed by atoms with Crippen LogP contribution < -0.4 is 11.1 Å². The average Bonchev–Trinajstić information content (AvgIpc) is 2.88. The van der Waals surface area contributed by atoms with Crippen molar-refractivity contribution < 1.29 is 19.4 Å². The summed E-state index contributed by atoms with van der Waals surface area (Å²) < 4.78 is 5.11. The summed E-state index contributed by atoms with van der Waals surface area (Å²) in [6.45, 7) is 0.708. The molecule has 1 amide bonds. The predicted molar refractivity (Wildman–Crippen MR) is 59.2 cm³/mol. The first-order valence-electron chi connectivity index (χ1n) is 5.60. The monoisotopic (exact) mass is 240 g/mol. The van der Waals surface area contributed by atoms with Crippen LogP contribution in [0.5, 0.6) is 0 Å². The SMILES string of the molecule is NC1(C(=O)NC2C=CC(C(=O)O)C2)CCOC1. The smallest absolute Gasteiger partial charge is 0.310 e. The second kappa shape index (κ2) is 4.46. The molecular formula is C11H16N2O4. The number of aliphatic carboxylic acids is 1. The molecule has 1 saturated heterocycles. The molecule has 94 valence electrons. The Hall–Kier alpha value is -1.40. The van der Waals surface area contributed by atoms with Gasteiger partial charge >= 0.3 is 5.97 Å². The number of carbonyl (C=O) groups excluding carboxylic acids is 1. The summed E-state index contributed by atoms with van der Waals surface area (Å²) in [4.78, 5) is 22.6. The van der Waals surface area contributed by atoms with E-state index in [4.69, 9.17) is 15.6 Å². The number of carbonyl (C=O) groups is 2. The maximum Gasteiger partial charge on any atom is 0.310 e. The molecule has 4 N–H and O–H groups in total. The number of amides is 1. The highest BCUT2D eigenvalue weighted by atomic mass is 16.5. The quantitative estimate of drug-likeness (QED) is 0.563. The summed E-state index contributed by atoms with van der Waals surface area (Å²) in [5, 5.41) is 11.6. The number of carboxylic acids is 1. The van der Waals surface area contributed by atoms with Crippen molar-refractivity contribution in [2.24, 2.45) is 11.7 Å². The predicted octanol–water partition coefficient (Wildman–Crippen LogP) is -0.750. The number of nitrogens with two attached hydrogens (primary N) is 1. The maximum atomic E-state index is 11.9. The van der Waals surface area contributed by atoms with Crippen LogP contribution in [0.25, 0.3) is 0 Å². The molecule has 1 heterocycles. The third-order valence-corrected chi connectivity index (χ3v) is 3.22. The molecule has 6 heteroatoms. The first kappa shape index (κ1) is 12.1. The number of hydrogen-bond donors (Lipinski definition) is 3. The fraction of sp³-hybridized carbons (Fsp3) is 0.636. The van der Waals surface area contributed by atoms with E-state index in [0.29, 0.717) is 19.4 Å². The lowest BCUT2D eigenvalue weighted by atomic mass is 9.98. The van der Waals surface area contributed by atoms with Crippen molar-refractivity contribution in [1.29, 1.82) is 0 Å². The minimum absolute atomic E-state index is 0.220. The van der Waals surface area contributed by atoms with Gasteiger partial charge in [0, 0.05) is 12.6 Å². The van der Waals surface area contributed by atoms with Gasteiger partial charge in [-0.2, -0.15) is 0 Å². The third-order valence-electron chi connectivity index (χ3n) is 3.22. The van der Waals surface area contributed by atoms with Crippen molar-refractivity contribution in [3.8, 4) is 0 Å². The molecule has 6 nitrogen and oxygen atoms in total. The van der Waals surface area contributed by atoms with E-state index in [1.165, 1.54) is 0 Å². The Labute approximate surface area is 98.8 Å². The molecule has 0 aromatic heterocycles. The Bertz CT molecular complexity index is 360. The zero-order chi connectivity index (χ0) is 12.5. The first-order valence-corrected chi connectivity index (χ1v) is 5.60. The van der Waals surface area contributed by atoms with Gasteiger partial charge in [-0.25, -0.2) is 0 Å². The van der Waals surface area contributed by atoms with Crippen molar-refractivity contribution in [3.05, 3.63) is 12.2 Å². The van der Waals surface area contributed by atoms with Crippen LogP contribution in [0.1, 0.15) is 12.8 Å². The van der Waals surface area contributed by atoms with E-state index in [1.807, 2.05) is 0 Å². The Morgan fingerprint density at radius 3 is 2.76 bits per heavy atom. The lowest BCUT2D eigenvalue weighted by molar-refractivity contribution is -0.140. The van der Waals surface area contributed by atoms with Gasteiger partial charge < -0.3 is 20.9 Å². The number of rotatable bonds is 3. The van der Waals surface area contributed by atoms with E-state index in [1.54, 1.807) is 12.2 Å². The number of carboxylic acid groups (broad SMARTS) is 1. The zero-order valence-electron chi connectivity index (χ0n) is 9.39. The summed E-state index contributed by atoms with van der Waals surface area (Å²) in [7, 11) is 0. The molecule has 1 aliphatic carbocycles. The molecule has 0 bridgehead atoms. The van der Waals surface area contributed by atoms with E-state index in [-0.39, 0.29) is 18.6 Å². The Morgan fingerprint density at radius 1 is 1.47 bits per heavy atom. The highest BCUT2D eigenvalue weighted by Gasteiger charge is 2.39. The van der Waals surface area contributed by atoms with Crippen LogP contribution >= 0.6 is 0 Å². The lowest BCUT2D eigenvalue weighted by Gasteiger charge is -2.23. The van der Waals surface area contributed by atoms with Gasteiger partial charge in [0.05, 0.1) is 12.5 Å². The van der Waals surface area contributed by atoms with Crippen molar-refractivity contribution in [3.63, 3.8) is 0 Å². The Morgan fingerprint density at radius 2 is 2.24 bits per heavy atom. The van der Waals surface area contributed by atoms with Gasteiger partial charge in [0.15, 0.2) is 0 Å². The van der Waals surface area contributed by atoms with E-state index < -0.39 is 17.4 Å². The topological polar surface area (TPSA) is 102 Å². The van der Waals surface area contributed by atoms with Crippen LogP contribution in [0.3, 0.4) is 0 Å². The number of hydrogen-bond acceptors (Lipinski definition) is 4. The van der Waals surface area contributed by atoms with Crippen LogP contribution in [0.15, 0.2) is 12.2 Å². The number of nitrogens with one attached hydrogen (secondary N) is 1. The molecule has 0 aromatic carbocycles. The molecule has 3 atom stereocenters. The molecule has 1 fully saturated rings. The second-order valence-corrected chi connectivity index (χ2v) is 4.60. The summed E-state index contributed by atoms with van der Waals surface area (Å²) in [6.07, 6.45) is 4.19. The first-order chi connectivity index (χ1) is 8.01. The standard InChI is InChI=1S/C11H16N2O4/c12-11(3-4-17-6-11)10(16)13-8-2-1-7(5-8)9(14)15/h1-2,7-8H,3-6,12H2,(H,13,16)(H,14,15). The summed E-state index contributed by atoms with van der Waals surface area (Å²) >= 11 is 0. The molecule has 0 spiro atoms. The van der Waals surface area contributed by atoms with Gasteiger partial charge in [-0.3, -0.25) is 9.59 Å². The van der Waals surface area contributed by atoms with E-state index in [0.717, 1.165) is 0 Å². The maximum absolute atomic E-state index is 11.9. The van der Waals surface area contributed by atoms with Crippen LogP contribution in [-0.4, -0.2) is 41.8 Å². The third kappa shape index (κ3) is 2.48. The minimum atomic E-state index is -0.963. The van der Waals surface area contributed by atoms with Crippen molar-refractivity contribution in [2.45, 2.75) is 24.4 Å². The average molecular weight is 240 g/mol. The van der Waals surface area contributed by atoms with Crippen molar-refractivity contribution >= 4 is 11.9 Å². The van der Waals surface area contributed by atoms with Crippen LogP contribution in [0.2, 0.25) is 0 Å². The molecule has 2 rings (SSSR count). The van der Waals surface area contributed by atoms with E-state index in [2.05, 4.69) is 5.32 Å². The number of ether oxygens (including phenoxy) is 1. The van der Waals surface area contributed by atoms with Crippen LogP contribution in [0, 0.1) is 5.92 Å². The minimum Gasteiger partial charge on any atom is -0.481 e. The Balaban J connectivity index is 1.89. The van der Waals surface area contributed by atoms with Crippen LogP contribution in [0.4, 0.5) is 0 Å². The molecule has 0 aromatic rings. The molecule has 0 saturated carbocycles. The second-order valence-electron chi connectivity index (χ2n) is 4.60. The van der Waals surface area contributed by atoms with Gasteiger partial charge in [0.1, 0.15) is 5.54 Å². The van der Waals surface area contributed by atoms with Gasteiger partial charge in [-0.15, -0.1) is 0 Å². The van der Waals surface area contributed by atoms with E-state index >= 15 is 0 Å². The summed E-state index contributed by atoms with van der Waals surface area (Å²) in [5.41, 5.74) is 4.93. The van der Waals surface area contributed by atoms with Crippen LogP contribution in [-0.2, 0) is 14.3 Å². The fourth-order valence-corrected chi connectivity index (χ4v) is 2.06. The highest BCUT2D eigenvalue weighted by molar-refractivity contribution is 5.87. The molecule has 0 radical (unpaired) electrons. The summed E-state index contributed by atoms with van der Waals surface area (Å²) in [6, 6.07) is -0.246. The Kier molecular flexibility index (Phi) is 3.17. The zero-order valence-corrected chi connectivity index (χ0v) is 9.39. The highest BCUT2D eigenvalue weighted by Crippen LogP contribution is 2.20. The van der Waals surface area contributed by atoms with Crippen molar-refractivity contribution in [1.82, 2.24) is 5.32 Å². The largest absolute Gasteiger partial charge is 0.481 e. The van der Waals surface area contributed by atoms with Gasteiger partial charge in [-0.1, -0.05) is 12.2 Å². The van der Waals surface area contributed by atoms with E-state index in [9.17, 15) is 9.59 Å². The molecular weight excluding hydrogens is 224 g/mol. The fourth-order valence-electron chi connectivity index (χ4n) is 2.06. The van der Waals surface area contributed by atoms with Gasteiger partial charge in [-0.05, 0) is 12.8 Å². The molecule has 3 unspecified atom stereocenters. The molecule has 1 aliphatic heterocycles. The van der Waals surface area contributed by atoms with Crippen molar-refractivity contribution in [2.75, 3.05) is 13.2 Å². The van der Waals surface area contributed by atoms with Gasteiger partial charge in [0.25, 0.3) is 0 Å². The lowest BCUT2D eigenvalue weighted by Crippen LogP contribution is -2.56. The molecule has 17 heavy (non-hydrogen) atoms. The normalized spacial score (nSPS) is 36.1. The summed E-state index contributed by atoms with van der Waals surface area (Å²) in [5.74, 6) is -1.66.